The summed E-state index contributed by atoms with van der Waals surface area (Å²) in [6.45, 7) is 5.59. The van der Waals surface area contributed by atoms with E-state index in [2.05, 4.69) is 4.90 Å². The quantitative estimate of drug-likeness (QED) is 0.711. The third-order valence-electron chi connectivity index (χ3n) is 3.68. The molecule has 1 atom stereocenters. The minimum atomic E-state index is 0.213. The van der Waals surface area contributed by atoms with E-state index in [1.807, 2.05) is 4.90 Å². The predicted octanol–water partition coefficient (Wildman–Crippen LogP) is 0.346. The standard InChI is InChI=1S/C13H24N2O3/c1-17-8-4-12-10-14(7-9-18-12)11-13(16)15-5-2-3-6-15/h12H,2-11H2,1H3. The number of carbonyl (C=O) groups excluding carboxylic acids is 1. The zero-order valence-electron chi connectivity index (χ0n) is 11.3. The molecule has 2 fully saturated rings. The first-order valence-electron chi connectivity index (χ1n) is 6.90. The van der Waals surface area contributed by atoms with Crippen molar-refractivity contribution in [1.29, 1.82) is 0 Å². The zero-order valence-corrected chi connectivity index (χ0v) is 11.3. The minimum Gasteiger partial charge on any atom is -0.385 e. The molecule has 0 aromatic heterocycles. The molecule has 0 N–H and O–H groups in total. The Morgan fingerprint density at radius 2 is 2.11 bits per heavy atom. The van der Waals surface area contributed by atoms with Crippen LogP contribution in [0.5, 0.6) is 0 Å². The van der Waals surface area contributed by atoms with Gasteiger partial charge in [-0.05, 0) is 19.3 Å². The van der Waals surface area contributed by atoms with Gasteiger partial charge in [-0.2, -0.15) is 0 Å². The summed E-state index contributed by atoms with van der Waals surface area (Å²) in [5.74, 6) is 0.278. The van der Waals surface area contributed by atoms with Gasteiger partial charge in [-0.15, -0.1) is 0 Å². The Labute approximate surface area is 109 Å². The summed E-state index contributed by atoms with van der Waals surface area (Å²) in [5, 5.41) is 0. The lowest BCUT2D eigenvalue weighted by Gasteiger charge is -2.33. The molecule has 0 saturated carbocycles. The zero-order chi connectivity index (χ0) is 12.8. The van der Waals surface area contributed by atoms with Crippen LogP contribution in [-0.4, -0.2) is 74.9 Å². The van der Waals surface area contributed by atoms with Gasteiger partial charge in [0, 0.05) is 39.9 Å². The van der Waals surface area contributed by atoms with Crippen molar-refractivity contribution >= 4 is 5.91 Å². The second kappa shape index (κ2) is 7.07. The molecule has 18 heavy (non-hydrogen) atoms. The number of carbonyl (C=O) groups is 1. The Morgan fingerprint density at radius 1 is 1.33 bits per heavy atom. The molecule has 1 unspecified atom stereocenters. The topological polar surface area (TPSA) is 42.0 Å². The molecule has 5 heteroatoms. The molecule has 2 aliphatic heterocycles. The van der Waals surface area contributed by atoms with Crippen LogP contribution in [-0.2, 0) is 14.3 Å². The van der Waals surface area contributed by atoms with Crippen molar-refractivity contribution < 1.29 is 14.3 Å². The molecule has 1 amide bonds. The number of hydrogen-bond acceptors (Lipinski definition) is 4. The summed E-state index contributed by atoms with van der Waals surface area (Å²) in [4.78, 5) is 16.3. The van der Waals surface area contributed by atoms with E-state index in [9.17, 15) is 4.79 Å². The first-order chi connectivity index (χ1) is 8.79. The van der Waals surface area contributed by atoms with Crippen LogP contribution in [0.3, 0.4) is 0 Å². The molecular formula is C13H24N2O3. The minimum absolute atomic E-state index is 0.213. The lowest BCUT2D eigenvalue weighted by Crippen LogP contribution is -2.47. The molecule has 0 radical (unpaired) electrons. The summed E-state index contributed by atoms with van der Waals surface area (Å²) in [6, 6.07) is 0. The van der Waals surface area contributed by atoms with Gasteiger partial charge in [-0.3, -0.25) is 9.69 Å². The van der Waals surface area contributed by atoms with Crippen LogP contribution in [0.1, 0.15) is 19.3 Å². The monoisotopic (exact) mass is 256 g/mol. The highest BCUT2D eigenvalue weighted by molar-refractivity contribution is 5.78. The molecule has 0 spiro atoms. The van der Waals surface area contributed by atoms with E-state index in [0.29, 0.717) is 6.54 Å². The number of hydrogen-bond donors (Lipinski definition) is 0. The molecule has 2 rings (SSSR count). The molecule has 0 bridgehead atoms. The van der Waals surface area contributed by atoms with Crippen molar-refractivity contribution in [2.45, 2.75) is 25.4 Å². The van der Waals surface area contributed by atoms with Crippen LogP contribution in [0.4, 0.5) is 0 Å². The summed E-state index contributed by atoms with van der Waals surface area (Å²) in [5.41, 5.74) is 0. The predicted molar refractivity (Wildman–Crippen MR) is 68.5 cm³/mol. The maximum atomic E-state index is 12.1. The third kappa shape index (κ3) is 3.93. The van der Waals surface area contributed by atoms with Gasteiger partial charge in [0.25, 0.3) is 0 Å². The Balaban J connectivity index is 1.72. The van der Waals surface area contributed by atoms with Gasteiger partial charge in [0.15, 0.2) is 0 Å². The van der Waals surface area contributed by atoms with Crippen molar-refractivity contribution in [3.05, 3.63) is 0 Å². The average Bonchev–Trinajstić information content (AvgIpc) is 2.91. The molecular weight excluding hydrogens is 232 g/mol. The van der Waals surface area contributed by atoms with Gasteiger partial charge in [-0.1, -0.05) is 0 Å². The van der Waals surface area contributed by atoms with Gasteiger partial charge in [0.2, 0.25) is 5.91 Å². The van der Waals surface area contributed by atoms with E-state index >= 15 is 0 Å². The molecule has 104 valence electrons. The molecule has 0 aromatic carbocycles. The van der Waals surface area contributed by atoms with Crippen molar-refractivity contribution in [3.8, 4) is 0 Å². The van der Waals surface area contributed by atoms with Crippen molar-refractivity contribution in [3.63, 3.8) is 0 Å². The third-order valence-corrected chi connectivity index (χ3v) is 3.68. The highest BCUT2D eigenvalue weighted by Gasteiger charge is 2.25. The number of rotatable bonds is 5. The van der Waals surface area contributed by atoms with Gasteiger partial charge in [-0.25, -0.2) is 0 Å². The summed E-state index contributed by atoms with van der Waals surface area (Å²) in [7, 11) is 1.71. The largest absolute Gasteiger partial charge is 0.385 e. The van der Waals surface area contributed by atoms with Crippen LogP contribution < -0.4 is 0 Å². The number of morpholine rings is 1. The lowest BCUT2D eigenvalue weighted by atomic mass is 10.2. The maximum Gasteiger partial charge on any atom is 0.236 e. The van der Waals surface area contributed by atoms with Gasteiger partial charge < -0.3 is 14.4 Å². The van der Waals surface area contributed by atoms with Crippen molar-refractivity contribution in [2.75, 3.05) is 53.0 Å². The fourth-order valence-corrected chi connectivity index (χ4v) is 2.61. The number of likely N-dealkylation sites (tertiary alicyclic amines) is 1. The normalized spacial score (nSPS) is 25.6. The first kappa shape index (κ1) is 13.8. The fraction of sp³-hybridized carbons (Fsp3) is 0.923. The summed E-state index contributed by atoms with van der Waals surface area (Å²) >= 11 is 0. The van der Waals surface area contributed by atoms with Gasteiger partial charge in [0.1, 0.15) is 0 Å². The molecule has 2 saturated heterocycles. The number of amides is 1. The fourth-order valence-electron chi connectivity index (χ4n) is 2.61. The number of nitrogens with zero attached hydrogens (tertiary/aromatic N) is 2. The second-order valence-corrected chi connectivity index (χ2v) is 5.10. The maximum absolute atomic E-state index is 12.1. The highest BCUT2D eigenvalue weighted by atomic mass is 16.5. The molecule has 0 aromatic rings. The lowest BCUT2D eigenvalue weighted by molar-refractivity contribution is -0.133. The van der Waals surface area contributed by atoms with E-state index in [4.69, 9.17) is 9.47 Å². The number of ether oxygens (including phenoxy) is 2. The van der Waals surface area contributed by atoms with Crippen molar-refractivity contribution in [1.82, 2.24) is 9.80 Å². The van der Waals surface area contributed by atoms with E-state index in [0.717, 1.165) is 58.7 Å². The van der Waals surface area contributed by atoms with Crippen LogP contribution in [0.25, 0.3) is 0 Å². The molecule has 5 nitrogen and oxygen atoms in total. The Morgan fingerprint density at radius 3 is 2.83 bits per heavy atom. The van der Waals surface area contributed by atoms with Gasteiger partial charge >= 0.3 is 0 Å². The average molecular weight is 256 g/mol. The molecule has 2 aliphatic rings. The van der Waals surface area contributed by atoms with E-state index < -0.39 is 0 Å². The second-order valence-electron chi connectivity index (χ2n) is 5.10. The van der Waals surface area contributed by atoms with E-state index in [1.165, 1.54) is 0 Å². The Bertz CT molecular complexity index is 267. The van der Waals surface area contributed by atoms with Gasteiger partial charge in [0.05, 0.1) is 19.3 Å². The Kier molecular flexibility index (Phi) is 5.41. The first-order valence-corrected chi connectivity index (χ1v) is 6.90. The Hall–Kier alpha value is -0.650. The smallest absolute Gasteiger partial charge is 0.236 e. The summed E-state index contributed by atoms with van der Waals surface area (Å²) in [6.07, 6.45) is 3.44. The summed E-state index contributed by atoms with van der Waals surface area (Å²) < 4.78 is 10.7. The van der Waals surface area contributed by atoms with Crippen LogP contribution in [0.2, 0.25) is 0 Å². The molecule has 0 aliphatic carbocycles. The number of methoxy groups -OCH3 is 1. The van der Waals surface area contributed by atoms with E-state index in [-0.39, 0.29) is 12.0 Å². The van der Waals surface area contributed by atoms with Crippen LogP contribution in [0, 0.1) is 0 Å². The molecule has 2 heterocycles. The van der Waals surface area contributed by atoms with Crippen LogP contribution in [0.15, 0.2) is 0 Å². The SMILES string of the molecule is COCCC1CN(CC(=O)N2CCCC2)CCO1. The highest BCUT2D eigenvalue weighted by Crippen LogP contribution is 2.11. The van der Waals surface area contributed by atoms with Crippen molar-refractivity contribution in [2.24, 2.45) is 0 Å². The van der Waals surface area contributed by atoms with E-state index in [1.54, 1.807) is 7.11 Å². The van der Waals surface area contributed by atoms with Crippen LogP contribution >= 0.6 is 0 Å².